The summed E-state index contributed by atoms with van der Waals surface area (Å²) in [5, 5.41) is 2.99. The minimum atomic E-state index is -0.213. The number of hydrogen-bond acceptors (Lipinski definition) is 3. The van der Waals surface area contributed by atoms with Gasteiger partial charge in [0.15, 0.2) is 0 Å². The molecule has 1 atom stereocenters. The molecule has 98 valence electrons. The maximum absolute atomic E-state index is 12.1. The Morgan fingerprint density at radius 1 is 1.37 bits per heavy atom. The molecule has 1 aliphatic rings. The van der Waals surface area contributed by atoms with Crippen LogP contribution >= 0.6 is 0 Å². The second-order valence-electron chi connectivity index (χ2n) is 4.63. The first kappa shape index (κ1) is 11.8. The first-order valence-electron chi connectivity index (χ1n) is 6.35. The molecular formula is C14H16N4O. The molecule has 5 heteroatoms. The lowest BCUT2D eigenvalue weighted by molar-refractivity contribution is 0.0927. The Morgan fingerprint density at radius 3 is 2.89 bits per heavy atom. The minimum absolute atomic E-state index is 0.0512. The fourth-order valence-electron chi connectivity index (χ4n) is 2.37. The molecule has 1 amide bonds. The molecule has 1 aliphatic heterocycles. The number of nitrogens with zero attached hydrogens (tertiary/aromatic N) is 3. The highest BCUT2D eigenvalue weighted by Gasteiger charge is 2.30. The van der Waals surface area contributed by atoms with E-state index in [1.807, 2.05) is 47.0 Å². The van der Waals surface area contributed by atoms with Gasteiger partial charge in [-0.1, -0.05) is 12.1 Å². The maximum atomic E-state index is 12.1. The van der Waals surface area contributed by atoms with Crippen molar-refractivity contribution in [3.8, 4) is 0 Å². The number of carbonyl (C=O) groups excluding carboxylic acids is 1. The van der Waals surface area contributed by atoms with Crippen LogP contribution in [0.1, 0.15) is 29.1 Å². The highest BCUT2D eigenvalue weighted by Crippen LogP contribution is 2.30. The predicted molar refractivity (Wildman–Crippen MR) is 73.0 cm³/mol. The normalized spacial score (nSPS) is 18.1. The number of nitrogens with one attached hydrogen (secondary N) is 1. The van der Waals surface area contributed by atoms with Crippen LogP contribution in [0.3, 0.4) is 0 Å². The maximum Gasteiger partial charge on any atom is 0.255 e. The number of imidazole rings is 1. The van der Waals surface area contributed by atoms with Gasteiger partial charge in [-0.2, -0.15) is 0 Å². The average molecular weight is 256 g/mol. The third-order valence-corrected chi connectivity index (χ3v) is 3.48. The molecule has 1 aromatic carbocycles. The lowest BCUT2D eigenvalue weighted by atomic mass is 10.1. The van der Waals surface area contributed by atoms with Gasteiger partial charge in [0.2, 0.25) is 0 Å². The molecule has 2 aromatic rings. The number of hydrogen-bond donors (Lipinski definition) is 1. The number of anilines is 1. The molecule has 0 spiro atoms. The Balaban J connectivity index is 2.00. The minimum Gasteiger partial charge on any atom is -0.349 e. The summed E-state index contributed by atoms with van der Waals surface area (Å²) in [7, 11) is 1.97. The fraction of sp³-hybridized carbons (Fsp3) is 0.286. The molecule has 0 radical (unpaired) electrons. The van der Waals surface area contributed by atoms with Gasteiger partial charge in [-0.25, -0.2) is 4.98 Å². The molecule has 3 rings (SSSR count). The van der Waals surface area contributed by atoms with E-state index in [0.29, 0.717) is 5.56 Å². The number of benzene rings is 1. The number of para-hydroxylation sites is 1. The van der Waals surface area contributed by atoms with Gasteiger partial charge >= 0.3 is 0 Å². The molecule has 0 bridgehead atoms. The third-order valence-electron chi connectivity index (χ3n) is 3.48. The zero-order chi connectivity index (χ0) is 13.4. The van der Waals surface area contributed by atoms with Crippen molar-refractivity contribution in [2.24, 2.45) is 0 Å². The summed E-state index contributed by atoms with van der Waals surface area (Å²) in [6, 6.07) is 7.61. The molecule has 2 heterocycles. The van der Waals surface area contributed by atoms with Crippen LogP contribution in [-0.2, 0) is 6.54 Å². The van der Waals surface area contributed by atoms with E-state index >= 15 is 0 Å². The quantitative estimate of drug-likeness (QED) is 0.891. The van der Waals surface area contributed by atoms with Crippen LogP contribution in [0.5, 0.6) is 0 Å². The molecule has 0 aliphatic carbocycles. The van der Waals surface area contributed by atoms with Crippen LogP contribution in [0.4, 0.5) is 5.69 Å². The number of aromatic nitrogens is 2. The van der Waals surface area contributed by atoms with Crippen molar-refractivity contribution in [3.05, 3.63) is 48.0 Å². The standard InChI is InChI=1S/C14H16N4O/c1-3-18-8-11(15-9-18)13-16-14(19)10-6-4-5-7-12(10)17(13)2/h4-9,13H,3H2,1-2H3,(H,16,19). The topological polar surface area (TPSA) is 50.2 Å². The highest BCUT2D eigenvalue weighted by molar-refractivity contribution is 6.01. The summed E-state index contributed by atoms with van der Waals surface area (Å²) < 4.78 is 2.00. The van der Waals surface area contributed by atoms with Gasteiger partial charge in [0.25, 0.3) is 5.91 Å². The molecule has 0 fully saturated rings. The monoisotopic (exact) mass is 256 g/mol. The summed E-state index contributed by atoms with van der Waals surface area (Å²) in [5.74, 6) is -0.0512. The van der Waals surface area contributed by atoms with E-state index in [0.717, 1.165) is 17.9 Å². The van der Waals surface area contributed by atoms with E-state index in [1.165, 1.54) is 0 Å². The van der Waals surface area contributed by atoms with E-state index in [2.05, 4.69) is 17.2 Å². The zero-order valence-electron chi connectivity index (χ0n) is 11.0. The van der Waals surface area contributed by atoms with Gasteiger partial charge < -0.3 is 14.8 Å². The zero-order valence-corrected chi connectivity index (χ0v) is 11.0. The van der Waals surface area contributed by atoms with Crippen LogP contribution in [0.15, 0.2) is 36.8 Å². The Labute approximate surface area is 111 Å². The lowest BCUT2D eigenvalue weighted by Gasteiger charge is -2.35. The largest absolute Gasteiger partial charge is 0.349 e. The lowest BCUT2D eigenvalue weighted by Crippen LogP contribution is -2.44. The van der Waals surface area contributed by atoms with Crippen LogP contribution in [0, 0.1) is 0 Å². The van der Waals surface area contributed by atoms with Crippen molar-refractivity contribution in [1.29, 1.82) is 0 Å². The van der Waals surface area contributed by atoms with E-state index in [4.69, 9.17) is 0 Å². The fourth-order valence-corrected chi connectivity index (χ4v) is 2.37. The van der Waals surface area contributed by atoms with Gasteiger partial charge in [0.1, 0.15) is 11.9 Å². The van der Waals surface area contributed by atoms with Crippen molar-refractivity contribution in [2.45, 2.75) is 19.6 Å². The predicted octanol–water partition coefficient (Wildman–Crippen LogP) is 1.78. The van der Waals surface area contributed by atoms with Crippen LogP contribution in [-0.4, -0.2) is 22.5 Å². The van der Waals surface area contributed by atoms with Gasteiger partial charge in [0.05, 0.1) is 17.6 Å². The van der Waals surface area contributed by atoms with Gasteiger partial charge in [-0.05, 0) is 19.1 Å². The summed E-state index contributed by atoms with van der Waals surface area (Å²) in [6.45, 7) is 2.93. The molecule has 0 saturated carbocycles. The molecule has 5 nitrogen and oxygen atoms in total. The Hall–Kier alpha value is -2.30. The van der Waals surface area contributed by atoms with E-state index < -0.39 is 0 Å². The molecule has 19 heavy (non-hydrogen) atoms. The van der Waals surface area contributed by atoms with E-state index in [9.17, 15) is 4.79 Å². The van der Waals surface area contributed by atoms with Crippen molar-refractivity contribution in [3.63, 3.8) is 0 Å². The van der Waals surface area contributed by atoms with Crippen molar-refractivity contribution < 1.29 is 4.79 Å². The summed E-state index contributed by atoms with van der Waals surface area (Å²) in [5.41, 5.74) is 2.49. The van der Waals surface area contributed by atoms with Gasteiger partial charge in [0, 0.05) is 19.8 Å². The molecular weight excluding hydrogens is 240 g/mol. The van der Waals surface area contributed by atoms with E-state index in [-0.39, 0.29) is 12.1 Å². The summed E-state index contributed by atoms with van der Waals surface area (Å²) >= 11 is 0. The van der Waals surface area contributed by atoms with Gasteiger partial charge in [-0.15, -0.1) is 0 Å². The Morgan fingerprint density at radius 2 is 2.16 bits per heavy atom. The Bertz CT molecular complexity index is 619. The number of aryl methyl sites for hydroxylation is 1. The van der Waals surface area contributed by atoms with Crippen LogP contribution < -0.4 is 10.2 Å². The average Bonchev–Trinajstić information content (AvgIpc) is 2.91. The smallest absolute Gasteiger partial charge is 0.255 e. The SMILES string of the molecule is CCn1cnc(C2NC(=O)c3ccccc3N2C)c1. The second-order valence-corrected chi connectivity index (χ2v) is 4.63. The van der Waals surface area contributed by atoms with Crippen molar-refractivity contribution in [1.82, 2.24) is 14.9 Å². The van der Waals surface area contributed by atoms with Gasteiger partial charge in [-0.3, -0.25) is 4.79 Å². The molecule has 1 unspecified atom stereocenters. The van der Waals surface area contributed by atoms with Crippen LogP contribution in [0.2, 0.25) is 0 Å². The van der Waals surface area contributed by atoms with Crippen LogP contribution in [0.25, 0.3) is 0 Å². The molecule has 1 N–H and O–H groups in total. The van der Waals surface area contributed by atoms with Crippen molar-refractivity contribution in [2.75, 3.05) is 11.9 Å². The second kappa shape index (κ2) is 4.42. The number of amides is 1. The number of fused-ring (bicyclic) bond motifs is 1. The highest BCUT2D eigenvalue weighted by atomic mass is 16.2. The van der Waals surface area contributed by atoms with Crippen molar-refractivity contribution >= 4 is 11.6 Å². The Kier molecular flexibility index (Phi) is 2.74. The number of carbonyl (C=O) groups is 1. The first-order chi connectivity index (χ1) is 9.20. The summed E-state index contributed by atoms with van der Waals surface area (Å²) in [4.78, 5) is 18.5. The number of rotatable bonds is 2. The van der Waals surface area contributed by atoms with E-state index in [1.54, 1.807) is 6.33 Å². The summed E-state index contributed by atoms with van der Waals surface area (Å²) in [6.07, 6.45) is 3.54. The molecule has 0 saturated heterocycles. The third kappa shape index (κ3) is 1.87. The first-order valence-corrected chi connectivity index (χ1v) is 6.35. The molecule has 1 aromatic heterocycles.